The van der Waals surface area contributed by atoms with Crippen molar-refractivity contribution in [2.75, 3.05) is 31.1 Å². The molecule has 0 bridgehead atoms. The molecule has 1 aliphatic rings. The molecule has 0 atom stereocenters. The first kappa shape index (κ1) is 17.1. The van der Waals surface area contributed by atoms with Crippen LogP contribution in [0, 0.1) is 18.3 Å². The summed E-state index contributed by atoms with van der Waals surface area (Å²) in [5, 5.41) is 5.76. The van der Waals surface area contributed by atoms with Crippen molar-refractivity contribution in [2.45, 2.75) is 12.8 Å². The van der Waals surface area contributed by atoms with Crippen LogP contribution in [0.2, 0.25) is 5.02 Å². The third-order valence-corrected chi connectivity index (χ3v) is 3.94. The maximum Gasteiger partial charge on any atom is 0.240 e. The number of anilines is 1. The van der Waals surface area contributed by atoms with Crippen molar-refractivity contribution in [3.8, 4) is 12.3 Å². The summed E-state index contributed by atoms with van der Waals surface area (Å²) in [6.07, 6.45) is 8.11. The van der Waals surface area contributed by atoms with Gasteiger partial charge in [-0.05, 0) is 25.0 Å². The number of rotatable bonds is 5. The van der Waals surface area contributed by atoms with Crippen molar-refractivity contribution in [3.05, 3.63) is 23.4 Å². The summed E-state index contributed by atoms with van der Waals surface area (Å²) >= 11 is 5.83. The van der Waals surface area contributed by atoms with Gasteiger partial charge in [0.05, 0.1) is 18.1 Å². The highest BCUT2D eigenvalue weighted by Crippen LogP contribution is 2.22. The summed E-state index contributed by atoms with van der Waals surface area (Å²) in [6, 6.07) is 3.68. The Morgan fingerprint density at radius 2 is 2.09 bits per heavy atom. The van der Waals surface area contributed by atoms with E-state index >= 15 is 0 Å². The quantitative estimate of drug-likeness (QED) is 0.782. The summed E-state index contributed by atoms with van der Waals surface area (Å²) in [7, 11) is 0. The topological polar surface area (TPSA) is 74.3 Å². The predicted molar refractivity (Wildman–Crippen MR) is 89.0 cm³/mol. The minimum absolute atomic E-state index is 0.0422. The Labute approximate surface area is 140 Å². The molecule has 2 amide bonds. The molecule has 2 N–H and O–H groups in total. The van der Waals surface area contributed by atoms with Gasteiger partial charge in [0.25, 0.3) is 0 Å². The molecule has 7 heteroatoms. The number of carbonyl (C=O) groups excluding carboxylic acids is 2. The van der Waals surface area contributed by atoms with Crippen LogP contribution in [0.3, 0.4) is 0 Å². The molecule has 1 aromatic heterocycles. The van der Waals surface area contributed by atoms with E-state index in [4.69, 9.17) is 18.0 Å². The Kier molecular flexibility index (Phi) is 6.24. The normalized spacial score (nSPS) is 14.9. The number of hydrogen-bond donors (Lipinski definition) is 2. The summed E-state index contributed by atoms with van der Waals surface area (Å²) in [5.74, 6) is 2.72. The molecule has 0 saturated carbocycles. The number of nitrogens with zero attached hydrogens (tertiary/aromatic N) is 2. The zero-order chi connectivity index (χ0) is 16.7. The van der Waals surface area contributed by atoms with Gasteiger partial charge in [0.15, 0.2) is 0 Å². The van der Waals surface area contributed by atoms with E-state index in [9.17, 15) is 9.59 Å². The van der Waals surface area contributed by atoms with E-state index in [0.29, 0.717) is 5.02 Å². The molecular weight excluding hydrogens is 316 g/mol. The number of hydrogen-bond acceptors (Lipinski definition) is 4. The number of amides is 2. The highest BCUT2D eigenvalue weighted by Gasteiger charge is 2.25. The maximum atomic E-state index is 12.1. The summed E-state index contributed by atoms with van der Waals surface area (Å²) in [5.41, 5.74) is 0. The van der Waals surface area contributed by atoms with Crippen LogP contribution in [0.25, 0.3) is 0 Å². The SMILES string of the molecule is C#CCNC(=O)CNC(=O)C1CCN(c2ccc(Cl)cn2)CC1. The number of nitrogens with one attached hydrogen (secondary N) is 2. The summed E-state index contributed by atoms with van der Waals surface area (Å²) < 4.78 is 0. The lowest BCUT2D eigenvalue weighted by atomic mass is 9.96. The second kappa shape index (κ2) is 8.39. The molecule has 1 aliphatic heterocycles. The van der Waals surface area contributed by atoms with E-state index in [-0.39, 0.29) is 30.8 Å². The molecule has 6 nitrogen and oxygen atoms in total. The van der Waals surface area contributed by atoms with E-state index in [1.807, 2.05) is 6.07 Å². The molecule has 2 rings (SSSR count). The number of carbonyl (C=O) groups is 2. The Hall–Kier alpha value is -2.26. The molecular formula is C16H19ClN4O2. The number of terminal acetylenes is 1. The Bertz CT molecular complexity index is 589. The van der Waals surface area contributed by atoms with Gasteiger partial charge in [-0.15, -0.1) is 6.42 Å². The van der Waals surface area contributed by atoms with E-state index < -0.39 is 0 Å². The van der Waals surface area contributed by atoms with E-state index in [1.54, 1.807) is 12.3 Å². The van der Waals surface area contributed by atoms with Crippen LogP contribution in [0.4, 0.5) is 5.82 Å². The van der Waals surface area contributed by atoms with Crippen molar-refractivity contribution in [3.63, 3.8) is 0 Å². The second-order valence-corrected chi connectivity index (χ2v) is 5.73. The van der Waals surface area contributed by atoms with Crippen LogP contribution in [-0.2, 0) is 9.59 Å². The fourth-order valence-corrected chi connectivity index (χ4v) is 2.56. The first-order valence-electron chi connectivity index (χ1n) is 7.44. The van der Waals surface area contributed by atoms with Gasteiger partial charge in [0.2, 0.25) is 11.8 Å². The van der Waals surface area contributed by atoms with E-state index in [0.717, 1.165) is 31.7 Å². The first-order chi connectivity index (χ1) is 11.1. The Morgan fingerprint density at radius 3 is 2.70 bits per heavy atom. The molecule has 1 aromatic rings. The third kappa shape index (κ3) is 5.15. The molecule has 0 radical (unpaired) electrons. The Balaban J connectivity index is 1.75. The van der Waals surface area contributed by atoms with Crippen molar-refractivity contribution >= 4 is 29.2 Å². The largest absolute Gasteiger partial charge is 0.357 e. The van der Waals surface area contributed by atoms with Crippen LogP contribution in [0.1, 0.15) is 12.8 Å². The van der Waals surface area contributed by atoms with Crippen LogP contribution in [0.15, 0.2) is 18.3 Å². The number of halogens is 1. The van der Waals surface area contributed by atoms with Gasteiger partial charge >= 0.3 is 0 Å². The molecule has 0 aliphatic carbocycles. The lowest BCUT2D eigenvalue weighted by Gasteiger charge is -2.32. The fraction of sp³-hybridized carbons (Fsp3) is 0.438. The van der Waals surface area contributed by atoms with Crippen molar-refractivity contribution in [2.24, 2.45) is 5.92 Å². The maximum absolute atomic E-state index is 12.1. The van der Waals surface area contributed by atoms with Crippen molar-refractivity contribution < 1.29 is 9.59 Å². The minimum Gasteiger partial charge on any atom is -0.357 e. The smallest absolute Gasteiger partial charge is 0.240 e. The molecule has 0 aromatic carbocycles. The standard InChI is InChI=1S/C16H19ClN4O2/c1-2-7-18-15(22)11-20-16(23)12-5-8-21(9-6-12)14-4-3-13(17)10-19-14/h1,3-4,10,12H,5-9,11H2,(H,18,22)(H,20,23). The van der Waals surface area contributed by atoms with Crippen LogP contribution >= 0.6 is 11.6 Å². The number of aromatic nitrogens is 1. The third-order valence-electron chi connectivity index (χ3n) is 3.71. The average Bonchev–Trinajstić information content (AvgIpc) is 2.58. The summed E-state index contributed by atoms with van der Waals surface area (Å²) in [6.45, 7) is 1.62. The molecule has 0 spiro atoms. The molecule has 0 unspecified atom stereocenters. The molecule has 23 heavy (non-hydrogen) atoms. The average molecular weight is 335 g/mol. The van der Waals surface area contributed by atoms with E-state index in [1.165, 1.54) is 0 Å². The van der Waals surface area contributed by atoms with Gasteiger partial charge in [-0.3, -0.25) is 9.59 Å². The second-order valence-electron chi connectivity index (χ2n) is 5.29. The van der Waals surface area contributed by atoms with Gasteiger partial charge in [0.1, 0.15) is 5.82 Å². The highest BCUT2D eigenvalue weighted by atomic mass is 35.5. The van der Waals surface area contributed by atoms with Gasteiger partial charge < -0.3 is 15.5 Å². The minimum atomic E-state index is -0.279. The zero-order valence-corrected chi connectivity index (χ0v) is 13.5. The van der Waals surface area contributed by atoms with E-state index in [2.05, 4.69) is 26.4 Å². The van der Waals surface area contributed by atoms with Gasteiger partial charge in [0, 0.05) is 25.2 Å². The molecule has 122 valence electrons. The Morgan fingerprint density at radius 1 is 1.35 bits per heavy atom. The molecule has 1 saturated heterocycles. The first-order valence-corrected chi connectivity index (χ1v) is 7.82. The number of piperidine rings is 1. The lowest BCUT2D eigenvalue weighted by Crippen LogP contribution is -2.43. The predicted octanol–water partition coefficient (Wildman–Crippen LogP) is 0.817. The fourth-order valence-electron chi connectivity index (χ4n) is 2.45. The zero-order valence-electron chi connectivity index (χ0n) is 12.7. The van der Waals surface area contributed by atoms with Gasteiger partial charge in [-0.2, -0.15) is 0 Å². The molecule has 2 heterocycles. The van der Waals surface area contributed by atoms with Crippen molar-refractivity contribution in [1.82, 2.24) is 15.6 Å². The molecule has 1 fully saturated rings. The monoisotopic (exact) mass is 334 g/mol. The number of pyridine rings is 1. The van der Waals surface area contributed by atoms with Crippen LogP contribution in [0.5, 0.6) is 0 Å². The highest BCUT2D eigenvalue weighted by molar-refractivity contribution is 6.30. The van der Waals surface area contributed by atoms with Crippen LogP contribution in [-0.4, -0.2) is 43.0 Å². The van der Waals surface area contributed by atoms with Gasteiger partial charge in [-0.25, -0.2) is 4.98 Å². The summed E-state index contributed by atoms with van der Waals surface area (Å²) in [4.78, 5) is 29.9. The lowest BCUT2D eigenvalue weighted by molar-refractivity contribution is -0.128. The van der Waals surface area contributed by atoms with Crippen LogP contribution < -0.4 is 15.5 Å². The van der Waals surface area contributed by atoms with Crippen molar-refractivity contribution in [1.29, 1.82) is 0 Å². The van der Waals surface area contributed by atoms with Gasteiger partial charge in [-0.1, -0.05) is 17.5 Å².